The number of guanidine groups is 1. The fourth-order valence-corrected chi connectivity index (χ4v) is 0.863. The highest BCUT2D eigenvalue weighted by molar-refractivity contribution is 5.77. The Morgan fingerprint density at radius 2 is 2.21 bits per heavy atom. The summed E-state index contributed by atoms with van der Waals surface area (Å²) in [5.74, 6) is -1.02. The van der Waals surface area contributed by atoms with E-state index in [4.69, 9.17) is 21.8 Å². The van der Waals surface area contributed by atoms with Crippen LogP contribution in [0.15, 0.2) is 5.16 Å². The van der Waals surface area contributed by atoms with Gasteiger partial charge in [-0.1, -0.05) is 5.16 Å². The number of aliphatic carboxylic acids is 1. The van der Waals surface area contributed by atoms with E-state index in [9.17, 15) is 4.79 Å². The smallest absolute Gasteiger partial charge is 0.320 e. The Labute approximate surface area is 82.0 Å². The van der Waals surface area contributed by atoms with Gasteiger partial charge in [0.1, 0.15) is 6.04 Å². The molecular formula is C7H16N4O3. The van der Waals surface area contributed by atoms with Gasteiger partial charge in [-0.2, -0.15) is 0 Å². The van der Waals surface area contributed by atoms with Crippen molar-refractivity contribution in [3.63, 3.8) is 0 Å². The van der Waals surface area contributed by atoms with Crippen molar-refractivity contribution >= 4 is 11.9 Å². The largest absolute Gasteiger partial charge is 0.480 e. The molecule has 14 heavy (non-hydrogen) atoms. The third-order valence-electron chi connectivity index (χ3n) is 1.82. The summed E-state index contributed by atoms with van der Waals surface area (Å²) in [6.45, 7) is 0.497. The fraction of sp³-hybridized carbons (Fsp3) is 0.714. The summed E-state index contributed by atoms with van der Waals surface area (Å²) in [6.07, 6.45) is 0.929. The molecule has 0 aliphatic heterocycles. The number of rotatable bonds is 5. The highest BCUT2D eigenvalue weighted by atomic mass is 16.4. The predicted octanol–water partition coefficient (Wildman–Crippen LogP) is -1.19. The summed E-state index contributed by atoms with van der Waals surface area (Å²) in [7, 11) is 1.64. The minimum absolute atomic E-state index is 0.00565. The van der Waals surface area contributed by atoms with Crippen LogP contribution in [-0.4, -0.2) is 46.8 Å². The lowest BCUT2D eigenvalue weighted by Crippen LogP contribution is -2.36. The van der Waals surface area contributed by atoms with Crippen molar-refractivity contribution in [2.24, 2.45) is 16.6 Å². The van der Waals surface area contributed by atoms with Gasteiger partial charge < -0.3 is 26.7 Å². The molecule has 0 spiro atoms. The highest BCUT2D eigenvalue weighted by Gasteiger charge is 2.11. The monoisotopic (exact) mass is 204 g/mol. The molecule has 0 unspecified atom stereocenters. The fourth-order valence-electron chi connectivity index (χ4n) is 0.863. The number of carboxylic acids is 1. The van der Waals surface area contributed by atoms with Crippen LogP contribution in [0.5, 0.6) is 0 Å². The van der Waals surface area contributed by atoms with Gasteiger partial charge in [-0.05, 0) is 12.8 Å². The van der Waals surface area contributed by atoms with E-state index in [-0.39, 0.29) is 5.96 Å². The molecule has 0 aromatic heterocycles. The molecule has 0 radical (unpaired) electrons. The lowest BCUT2D eigenvalue weighted by atomic mass is 10.1. The average molecular weight is 204 g/mol. The van der Waals surface area contributed by atoms with E-state index in [0.29, 0.717) is 19.4 Å². The minimum Gasteiger partial charge on any atom is -0.480 e. The minimum atomic E-state index is -1.02. The number of nitrogens with zero attached hydrogens (tertiary/aromatic N) is 2. The zero-order valence-corrected chi connectivity index (χ0v) is 8.05. The van der Waals surface area contributed by atoms with Crippen molar-refractivity contribution in [1.82, 2.24) is 4.90 Å². The summed E-state index contributed by atoms with van der Waals surface area (Å²) in [6, 6.07) is -0.851. The lowest BCUT2D eigenvalue weighted by molar-refractivity contribution is -0.138. The number of hydrogen-bond donors (Lipinski definition) is 4. The first-order valence-corrected chi connectivity index (χ1v) is 4.16. The Morgan fingerprint density at radius 1 is 1.64 bits per heavy atom. The van der Waals surface area contributed by atoms with Crippen molar-refractivity contribution in [1.29, 1.82) is 0 Å². The standard InChI is InChI=1S/C7H16N4O3/c1-11(7(9)10-14)4-2-3-5(8)6(12)13/h5,14H,2-4,8H2,1H3,(H2,9,10)(H,12,13)/t5-/m0/s1. The van der Waals surface area contributed by atoms with Crippen LogP contribution in [0, 0.1) is 0 Å². The molecule has 7 nitrogen and oxygen atoms in total. The summed E-state index contributed by atoms with van der Waals surface area (Å²) in [4.78, 5) is 11.8. The quantitative estimate of drug-likeness (QED) is 0.193. The van der Waals surface area contributed by atoms with Gasteiger partial charge in [0.2, 0.25) is 5.96 Å². The molecule has 0 saturated heterocycles. The molecule has 0 aromatic carbocycles. The Balaban J connectivity index is 3.69. The third-order valence-corrected chi connectivity index (χ3v) is 1.82. The van der Waals surface area contributed by atoms with Crippen LogP contribution in [0.1, 0.15) is 12.8 Å². The average Bonchev–Trinajstić information content (AvgIpc) is 2.15. The maximum Gasteiger partial charge on any atom is 0.320 e. The first-order valence-electron chi connectivity index (χ1n) is 4.16. The molecule has 0 fully saturated rings. The van der Waals surface area contributed by atoms with Gasteiger partial charge >= 0.3 is 5.97 Å². The third kappa shape index (κ3) is 4.51. The Morgan fingerprint density at radius 3 is 2.64 bits per heavy atom. The van der Waals surface area contributed by atoms with Crippen molar-refractivity contribution in [2.75, 3.05) is 13.6 Å². The second-order valence-corrected chi connectivity index (χ2v) is 2.97. The molecule has 0 aliphatic carbocycles. The van der Waals surface area contributed by atoms with Gasteiger partial charge in [0.05, 0.1) is 0 Å². The van der Waals surface area contributed by atoms with Crippen LogP contribution in [0.3, 0.4) is 0 Å². The summed E-state index contributed by atoms with van der Waals surface area (Å²) >= 11 is 0. The maximum atomic E-state index is 10.3. The molecular weight excluding hydrogens is 188 g/mol. The first kappa shape index (κ1) is 12.5. The van der Waals surface area contributed by atoms with E-state index in [1.54, 1.807) is 7.05 Å². The number of carboxylic acid groups (broad SMARTS) is 1. The molecule has 7 heteroatoms. The van der Waals surface area contributed by atoms with Gasteiger partial charge in [-0.25, -0.2) is 0 Å². The Kier molecular flexibility index (Phi) is 5.38. The summed E-state index contributed by atoms with van der Waals surface area (Å²) in [5, 5.41) is 19.6. The van der Waals surface area contributed by atoms with Crippen molar-refractivity contribution < 1.29 is 15.1 Å². The van der Waals surface area contributed by atoms with Crippen LogP contribution in [0.2, 0.25) is 0 Å². The lowest BCUT2D eigenvalue weighted by Gasteiger charge is -2.16. The molecule has 82 valence electrons. The van der Waals surface area contributed by atoms with E-state index >= 15 is 0 Å². The van der Waals surface area contributed by atoms with E-state index in [2.05, 4.69) is 5.16 Å². The molecule has 0 aromatic rings. The van der Waals surface area contributed by atoms with Gasteiger partial charge in [0.25, 0.3) is 0 Å². The van der Waals surface area contributed by atoms with Crippen LogP contribution >= 0.6 is 0 Å². The predicted molar refractivity (Wildman–Crippen MR) is 50.9 cm³/mol. The van der Waals surface area contributed by atoms with E-state index in [1.165, 1.54) is 4.90 Å². The SMILES string of the molecule is CN(CCC[C@H](N)C(=O)O)/C(N)=N/O. The molecule has 0 amide bonds. The first-order chi connectivity index (χ1) is 6.49. The van der Waals surface area contributed by atoms with Gasteiger partial charge in [0.15, 0.2) is 0 Å². The van der Waals surface area contributed by atoms with Gasteiger partial charge in [-0.3, -0.25) is 4.79 Å². The molecule has 6 N–H and O–H groups in total. The van der Waals surface area contributed by atoms with Crippen LogP contribution in [0.4, 0.5) is 0 Å². The van der Waals surface area contributed by atoms with Crippen LogP contribution < -0.4 is 11.5 Å². The molecule has 0 rings (SSSR count). The molecule has 1 atom stereocenters. The number of oxime groups is 1. The van der Waals surface area contributed by atoms with Crippen LogP contribution in [-0.2, 0) is 4.79 Å². The molecule has 0 heterocycles. The second kappa shape index (κ2) is 6.03. The van der Waals surface area contributed by atoms with Crippen molar-refractivity contribution in [3.05, 3.63) is 0 Å². The summed E-state index contributed by atoms with van der Waals surface area (Å²) in [5.41, 5.74) is 10.6. The topological polar surface area (TPSA) is 125 Å². The Hall–Kier alpha value is -1.50. The number of nitrogens with two attached hydrogens (primary N) is 2. The molecule has 0 aliphatic rings. The van der Waals surface area contributed by atoms with Gasteiger partial charge in [-0.15, -0.1) is 0 Å². The maximum absolute atomic E-state index is 10.3. The van der Waals surface area contributed by atoms with Crippen molar-refractivity contribution in [3.8, 4) is 0 Å². The zero-order chi connectivity index (χ0) is 11.1. The summed E-state index contributed by atoms with van der Waals surface area (Å²) < 4.78 is 0. The molecule has 0 saturated carbocycles. The van der Waals surface area contributed by atoms with Crippen molar-refractivity contribution in [2.45, 2.75) is 18.9 Å². The normalized spacial score (nSPS) is 13.7. The zero-order valence-electron chi connectivity index (χ0n) is 8.05. The van der Waals surface area contributed by atoms with E-state index in [1.807, 2.05) is 0 Å². The highest BCUT2D eigenvalue weighted by Crippen LogP contribution is 1.96. The van der Waals surface area contributed by atoms with E-state index in [0.717, 1.165) is 0 Å². The second-order valence-electron chi connectivity index (χ2n) is 2.97. The number of carbonyl (C=O) groups is 1. The van der Waals surface area contributed by atoms with Gasteiger partial charge in [0, 0.05) is 13.6 Å². The van der Waals surface area contributed by atoms with Crippen LogP contribution in [0.25, 0.3) is 0 Å². The van der Waals surface area contributed by atoms with E-state index < -0.39 is 12.0 Å². The Bertz CT molecular complexity index is 219. The molecule has 0 bridgehead atoms. The number of hydrogen-bond acceptors (Lipinski definition) is 4.